The Labute approximate surface area is 79.5 Å². The molecule has 1 aliphatic rings. The van der Waals surface area contributed by atoms with E-state index in [9.17, 15) is 0 Å². The normalized spacial score (nSPS) is 24.8. The predicted molar refractivity (Wildman–Crippen MR) is 54.5 cm³/mol. The van der Waals surface area contributed by atoms with E-state index in [1.807, 2.05) is 12.1 Å². The monoisotopic (exact) mass is 179 g/mol. The molecule has 2 heteroatoms. The number of benzene rings is 1. The lowest BCUT2D eigenvalue weighted by molar-refractivity contribution is 0.414. The fourth-order valence-corrected chi connectivity index (χ4v) is 1.64. The van der Waals surface area contributed by atoms with E-state index in [0.29, 0.717) is 0 Å². The maximum atomic E-state index is 5.10. The smallest absolute Gasteiger partial charge is 0.118 e. The third-order valence-electron chi connectivity index (χ3n) is 2.65. The summed E-state index contributed by atoms with van der Waals surface area (Å²) >= 11 is 0. The number of rotatable bonds is 2. The summed E-state index contributed by atoms with van der Waals surface area (Å²) in [6.45, 7) is 2.30. The third-order valence-corrected chi connectivity index (χ3v) is 2.65. The highest BCUT2D eigenvalue weighted by atomic mass is 16.5. The lowest BCUT2D eigenvalue weighted by Crippen LogP contribution is -1.84. The summed E-state index contributed by atoms with van der Waals surface area (Å²) in [7, 11) is 1.70. The number of hydrogen-bond acceptors (Lipinski definition) is 2. The molecule has 0 heterocycles. The van der Waals surface area contributed by atoms with Crippen molar-refractivity contribution in [3.05, 3.63) is 29.8 Å². The second-order valence-electron chi connectivity index (χ2n) is 3.59. The topological polar surface area (TPSA) is 44.2 Å². The molecule has 1 aromatic carbocycles. The largest absolute Gasteiger partial charge is 0.497 e. The molecular weight excluding hydrogens is 162 g/mol. The number of methoxy groups -OCH3 is 1. The van der Waals surface area contributed by atoms with Gasteiger partial charge in [0, 0.05) is 0 Å². The average molecular weight is 179 g/mol. The number of ether oxygens (including phenoxy) is 1. The van der Waals surface area contributed by atoms with Crippen LogP contribution in [0.15, 0.2) is 24.3 Å². The molecule has 2 atom stereocenters. The Morgan fingerprint density at radius 2 is 1.77 bits per heavy atom. The molecule has 0 spiro atoms. The Morgan fingerprint density at radius 3 is 2.15 bits per heavy atom. The minimum absolute atomic E-state index is 0. The molecule has 1 fully saturated rings. The zero-order valence-corrected chi connectivity index (χ0v) is 8.29. The van der Waals surface area contributed by atoms with Crippen molar-refractivity contribution in [1.29, 1.82) is 0 Å². The predicted octanol–water partition coefficient (Wildman–Crippen LogP) is 2.98. The zero-order valence-electron chi connectivity index (χ0n) is 8.29. The highest BCUT2D eigenvalue weighted by Gasteiger charge is 2.33. The Kier molecular flexibility index (Phi) is 2.94. The van der Waals surface area contributed by atoms with E-state index >= 15 is 0 Å². The van der Waals surface area contributed by atoms with Gasteiger partial charge < -0.3 is 10.9 Å². The van der Waals surface area contributed by atoms with Gasteiger partial charge in [0.1, 0.15) is 5.75 Å². The van der Waals surface area contributed by atoms with Gasteiger partial charge in [0.05, 0.1) is 7.11 Å². The van der Waals surface area contributed by atoms with Gasteiger partial charge in [0.15, 0.2) is 0 Å². The van der Waals surface area contributed by atoms with Crippen molar-refractivity contribution in [3.8, 4) is 5.75 Å². The van der Waals surface area contributed by atoms with Crippen LogP contribution in [-0.2, 0) is 0 Å². The first-order chi connectivity index (χ1) is 5.81. The first-order valence-corrected chi connectivity index (χ1v) is 4.45. The molecule has 0 bridgehead atoms. The molecule has 2 nitrogen and oxygen atoms in total. The minimum atomic E-state index is 0. The van der Waals surface area contributed by atoms with Crippen LogP contribution in [0.25, 0.3) is 0 Å². The first-order valence-electron chi connectivity index (χ1n) is 4.45. The van der Waals surface area contributed by atoms with Crippen LogP contribution in [0.3, 0.4) is 0 Å². The van der Waals surface area contributed by atoms with Crippen LogP contribution in [0.5, 0.6) is 5.75 Å². The second kappa shape index (κ2) is 3.79. The van der Waals surface area contributed by atoms with Crippen LogP contribution in [0.2, 0.25) is 0 Å². The molecule has 2 rings (SSSR count). The van der Waals surface area contributed by atoms with Gasteiger partial charge in [-0.2, -0.15) is 0 Å². The molecule has 0 saturated heterocycles. The van der Waals surface area contributed by atoms with Crippen molar-refractivity contribution < 1.29 is 4.74 Å². The summed E-state index contributed by atoms with van der Waals surface area (Å²) in [5.74, 6) is 2.65. The molecule has 3 N–H and O–H groups in total. The summed E-state index contributed by atoms with van der Waals surface area (Å²) in [5.41, 5.74) is 1.46. The van der Waals surface area contributed by atoms with Crippen molar-refractivity contribution in [3.63, 3.8) is 0 Å². The van der Waals surface area contributed by atoms with Crippen LogP contribution >= 0.6 is 0 Å². The highest BCUT2D eigenvalue weighted by Crippen LogP contribution is 2.46. The van der Waals surface area contributed by atoms with Gasteiger partial charge in [-0.3, -0.25) is 0 Å². The van der Waals surface area contributed by atoms with Gasteiger partial charge in [-0.25, -0.2) is 0 Å². The van der Waals surface area contributed by atoms with Gasteiger partial charge in [0.2, 0.25) is 0 Å². The molecule has 1 aliphatic carbocycles. The summed E-state index contributed by atoms with van der Waals surface area (Å²) in [6, 6.07) is 8.43. The minimum Gasteiger partial charge on any atom is -0.497 e. The maximum absolute atomic E-state index is 5.10. The lowest BCUT2D eigenvalue weighted by atomic mass is 10.1. The van der Waals surface area contributed by atoms with Crippen molar-refractivity contribution >= 4 is 0 Å². The van der Waals surface area contributed by atoms with E-state index in [0.717, 1.165) is 17.6 Å². The zero-order chi connectivity index (χ0) is 8.55. The maximum Gasteiger partial charge on any atom is 0.118 e. The van der Waals surface area contributed by atoms with Crippen molar-refractivity contribution in [2.24, 2.45) is 5.92 Å². The molecule has 13 heavy (non-hydrogen) atoms. The van der Waals surface area contributed by atoms with Crippen LogP contribution in [0.4, 0.5) is 0 Å². The Balaban J connectivity index is 0.000000845. The van der Waals surface area contributed by atoms with Crippen LogP contribution in [0.1, 0.15) is 24.8 Å². The molecule has 1 aromatic rings. The van der Waals surface area contributed by atoms with Crippen molar-refractivity contribution in [2.75, 3.05) is 7.11 Å². The van der Waals surface area contributed by atoms with Crippen LogP contribution in [0, 0.1) is 5.92 Å². The Hall–Kier alpha value is -1.02. The van der Waals surface area contributed by atoms with Crippen LogP contribution in [-0.4, -0.2) is 7.11 Å². The van der Waals surface area contributed by atoms with Gasteiger partial charge in [0.25, 0.3) is 0 Å². The standard InChI is InChI=1S/C11H14O.H3N/c1-8-7-11(8)9-3-5-10(12-2)6-4-9;/h3-6,8,11H,7H2,1-2H3;1H3. The number of hydrogen-bond donors (Lipinski definition) is 1. The van der Waals surface area contributed by atoms with Crippen molar-refractivity contribution in [1.82, 2.24) is 6.15 Å². The molecule has 72 valence electrons. The highest BCUT2D eigenvalue weighted by molar-refractivity contribution is 5.32. The van der Waals surface area contributed by atoms with E-state index < -0.39 is 0 Å². The molecule has 0 aliphatic heterocycles. The molecule has 0 radical (unpaired) electrons. The quantitative estimate of drug-likeness (QED) is 0.758. The summed E-state index contributed by atoms with van der Waals surface area (Å²) in [5, 5.41) is 0. The molecule has 0 amide bonds. The van der Waals surface area contributed by atoms with E-state index in [1.54, 1.807) is 7.11 Å². The summed E-state index contributed by atoms with van der Waals surface area (Å²) < 4.78 is 5.10. The summed E-state index contributed by atoms with van der Waals surface area (Å²) in [4.78, 5) is 0. The molecular formula is C11H17NO. The average Bonchev–Trinajstić information content (AvgIpc) is 2.83. The van der Waals surface area contributed by atoms with E-state index in [4.69, 9.17) is 4.74 Å². The van der Waals surface area contributed by atoms with E-state index in [2.05, 4.69) is 19.1 Å². The SMILES string of the molecule is COc1ccc(C2CC2C)cc1.N. The second-order valence-corrected chi connectivity index (χ2v) is 3.59. The molecule has 1 saturated carbocycles. The molecule has 2 unspecified atom stereocenters. The Morgan fingerprint density at radius 1 is 1.23 bits per heavy atom. The lowest BCUT2D eigenvalue weighted by Gasteiger charge is -2.01. The fraction of sp³-hybridized carbons (Fsp3) is 0.455. The van der Waals surface area contributed by atoms with Gasteiger partial charge in [-0.15, -0.1) is 0 Å². The summed E-state index contributed by atoms with van der Waals surface area (Å²) in [6.07, 6.45) is 1.35. The van der Waals surface area contributed by atoms with Gasteiger partial charge in [-0.1, -0.05) is 19.1 Å². The van der Waals surface area contributed by atoms with E-state index in [1.165, 1.54) is 12.0 Å². The van der Waals surface area contributed by atoms with Crippen molar-refractivity contribution in [2.45, 2.75) is 19.3 Å². The first kappa shape index (κ1) is 10.1. The Bertz CT molecular complexity index is 268. The van der Waals surface area contributed by atoms with Gasteiger partial charge >= 0.3 is 0 Å². The molecule has 0 aromatic heterocycles. The fourth-order valence-electron chi connectivity index (χ4n) is 1.64. The van der Waals surface area contributed by atoms with Crippen LogP contribution < -0.4 is 10.9 Å². The van der Waals surface area contributed by atoms with E-state index in [-0.39, 0.29) is 6.15 Å². The van der Waals surface area contributed by atoms with Gasteiger partial charge in [-0.05, 0) is 36.0 Å². The third kappa shape index (κ3) is 2.01.